The maximum absolute atomic E-state index is 5.59. The van der Waals surface area contributed by atoms with Crippen molar-refractivity contribution >= 4 is 0 Å². The minimum absolute atomic E-state index is 0.595. The summed E-state index contributed by atoms with van der Waals surface area (Å²) in [6.07, 6.45) is 1.14. The third-order valence-electron chi connectivity index (χ3n) is 2.56. The van der Waals surface area contributed by atoms with Crippen LogP contribution in [0.4, 0.5) is 0 Å². The normalized spacial score (nSPS) is 13.4. The van der Waals surface area contributed by atoms with Crippen molar-refractivity contribution in [2.45, 2.75) is 13.3 Å². The zero-order valence-electron chi connectivity index (χ0n) is 10.4. The van der Waals surface area contributed by atoms with Gasteiger partial charge in [0.1, 0.15) is 0 Å². The summed E-state index contributed by atoms with van der Waals surface area (Å²) in [5.74, 6) is 0.595. The Bertz CT molecular complexity index is 126. The molecule has 0 aliphatic heterocycles. The van der Waals surface area contributed by atoms with Crippen molar-refractivity contribution in [1.82, 2.24) is 4.90 Å². The molecular formula is C11H26N2O2. The lowest BCUT2D eigenvalue weighted by molar-refractivity contribution is 0.111. The van der Waals surface area contributed by atoms with Gasteiger partial charge in [-0.15, -0.1) is 0 Å². The van der Waals surface area contributed by atoms with Gasteiger partial charge in [-0.05, 0) is 25.4 Å². The number of rotatable bonds is 10. The Hall–Kier alpha value is -0.160. The number of methoxy groups -OCH3 is 2. The first kappa shape index (κ1) is 14.8. The van der Waals surface area contributed by atoms with Gasteiger partial charge in [-0.3, -0.25) is 4.90 Å². The molecule has 0 aromatic heterocycles. The molecule has 0 aromatic carbocycles. The molecule has 0 amide bonds. The largest absolute Gasteiger partial charge is 0.383 e. The van der Waals surface area contributed by atoms with Crippen molar-refractivity contribution in [3.8, 4) is 0 Å². The van der Waals surface area contributed by atoms with Crippen molar-refractivity contribution in [2.75, 3.05) is 53.6 Å². The maximum Gasteiger partial charge on any atom is 0.0589 e. The molecule has 15 heavy (non-hydrogen) atoms. The van der Waals surface area contributed by atoms with Crippen LogP contribution in [0, 0.1) is 5.92 Å². The van der Waals surface area contributed by atoms with E-state index in [4.69, 9.17) is 15.2 Å². The van der Waals surface area contributed by atoms with Crippen LogP contribution in [0.1, 0.15) is 13.3 Å². The van der Waals surface area contributed by atoms with Gasteiger partial charge in [0.25, 0.3) is 0 Å². The minimum atomic E-state index is 0.595. The van der Waals surface area contributed by atoms with Gasteiger partial charge in [-0.25, -0.2) is 0 Å². The third kappa shape index (κ3) is 8.81. The molecule has 0 saturated carbocycles. The molecule has 1 atom stereocenters. The molecule has 0 rings (SSSR count). The molecule has 0 fully saturated rings. The van der Waals surface area contributed by atoms with Crippen molar-refractivity contribution in [3.05, 3.63) is 0 Å². The van der Waals surface area contributed by atoms with Crippen LogP contribution in [0.5, 0.6) is 0 Å². The minimum Gasteiger partial charge on any atom is -0.383 e. The van der Waals surface area contributed by atoms with Crippen LogP contribution in [0.3, 0.4) is 0 Å². The molecular weight excluding hydrogens is 192 g/mol. The van der Waals surface area contributed by atoms with E-state index >= 15 is 0 Å². The smallest absolute Gasteiger partial charge is 0.0589 e. The second-order valence-corrected chi connectivity index (χ2v) is 3.96. The van der Waals surface area contributed by atoms with Crippen molar-refractivity contribution in [1.29, 1.82) is 0 Å². The third-order valence-corrected chi connectivity index (χ3v) is 2.56. The molecule has 0 heterocycles. The highest BCUT2D eigenvalue weighted by molar-refractivity contribution is 4.61. The quantitative estimate of drug-likeness (QED) is 0.582. The van der Waals surface area contributed by atoms with E-state index in [2.05, 4.69) is 11.8 Å². The molecule has 0 aliphatic rings. The Labute approximate surface area is 93.7 Å². The predicted octanol–water partition coefficient (Wildman–Crippen LogP) is 0.566. The molecule has 0 spiro atoms. The molecule has 0 radical (unpaired) electrons. The number of nitrogens with zero attached hydrogens (tertiary/aromatic N) is 1. The Morgan fingerprint density at radius 3 is 2.00 bits per heavy atom. The van der Waals surface area contributed by atoms with Crippen LogP contribution in [-0.4, -0.2) is 58.5 Å². The monoisotopic (exact) mass is 218 g/mol. The van der Waals surface area contributed by atoms with E-state index in [1.165, 1.54) is 0 Å². The van der Waals surface area contributed by atoms with Crippen LogP contribution < -0.4 is 5.73 Å². The highest BCUT2D eigenvalue weighted by Crippen LogP contribution is 2.01. The van der Waals surface area contributed by atoms with E-state index in [1.807, 2.05) is 0 Å². The van der Waals surface area contributed by atoms with Gasteiger partial charge in [0.05, 0.1) is 13.2 Å². The van der Waals surface area contributed by atoms with Gasteiger partial charge in [-0.2, -0.15) is 0 Å². The number of hydrogen-bond donors (Lipinski definition) is 1. The van der Waals surface area contributed by atoms with E-state index in [1.54, 1.807) is 14.2 Å². The second kappa shape index (κ2) is 10.4. The fraction of sp³-hybridized carbons (Fsp3) is 1.00. The second-order valence-electron chi connectivity index (χ2n) is 3.96. The summed E-state index contributed by atoms with van der Waals surface area (Å²) in [4.78, 5) is 2.36. The van der Waals surface area contributed by atoms with Gasteiger partial charge in [-0.1, -0.05) is 6.92 Å². The summed E-state index contributed by atoms with van der Waals surface area (Å²) in [7, 11) is 3.47. The Morgan fingerprint density at radius 1 is 1.07 bits per heavy atom. The number of ether oxygens (including phenoxy) is 2. The molecule has 2 N–H and O–H groups in total. The average Bonchev–Trinajstić information content (AvgIpc) is 2.27. The molecule has 0 bridgehead atoms. The van der Waals surface area contributed by atoms with Crippen molar-refractivity contribution in [2.24, 2.45) is 11.7 Å². The summed E-state index contributed by atoms with van der Waals surface area (Å²) in [6.45, 7) is 7.52. The summed E-state index contributed by atoms with van der Waals surface area (Å²) in [5, 5.41) is 0. The lowest BCUT2D eigenvalue weighted by Crippen LogP contribution is -2.33. The Morgan fingerprint density at radius 2 is 1.60 bits per heavy atom. The highest BCUT2D eigenvalue weighted by Gasteiger charge is 2.06. The van der Waals surface area contributed by atoms with Gasteiger partial charge in [0.15, 0.2) is 0 Å². The Balaban J connectivity index is 3.67. The fourth-order valence-corrected chi connectivity index (χ4v) is 1.30. The fourth-order valence-electron chi connectivity index (χ4n) is 1.30. The molecule has 1 unspecified atom stereocenters. The Kier molecular flexibility index (Phi) is 10.3. The highest BCUT2D eigenvalue weighted by atomic mass is 16.5. The first-order chi connectivity index (χ1) is 7.24. The first-order valence-corrected chi connectivity index (χ1v) is 5.64. The van der Waals surface area contributed by atoms with Crippen LogP contribution >= 0.6 is 0 Å². The summed E-state index contributed by atoms with van der Waals surface area (Å²) < 4.78 is 10.2. The molecule has 0 aromatic rings. The lowest BCUT2D eigenvalue weighted by Gasteiger charge is -2.22. The summed E-state index contributed by atoms with van der Waals surface area (Å²) >= 11 is 0. The van der Waals surface area contributed by atoms with E-state index in [9.17, 15) is 0 Å². The van der Waals surface area contributed by atoms with Gasteiger partial charge >= 0.3 is 0 Å². The van der Waals surface area contributed by atoms with E-state index in [0.717, 1.165) is 45.8 Å². The van der Waals surface area contributed by atoms with Gasteiger partial charge < -0.3 is 15.2 Å². The van der Waals surface area contributed by atoms with Crippen molar-refractivity contribution < 1.29 is 9.47 Å². The SMILES string of the molecule is COCCN(CCOC)CCC(C)CN. The molecule has 0 aliphatic carbocycles. The predicted molar refractivity (Wildman–Crippen MR) is 63.0 cm³/mol. The first-order valence-electron chi connectivity index (χ1n) is 5.64. The number of nitrogens with two attached hydrogens (primary N) is 1. The van der Waals surface area contributed by atoms with Crippen LogP contribution in [-0.2, 0) is 9.47 Å². The van der Waals surface area contributed by atoms with Crippen LogP contribution in [0.25, 0.3) is 0 Å². The average molecular weight is 218 g/mol. The summed E-state index contributed by atoms with van der Waals surface area (Å²) in [5.41, 5.74) is 5.59. The van der Waals surface area contributed by atoms with Crippen LogP contribution in [0.2, 0.25) is 0 Å². The van der Waals surface area contributed by atoms with E-state index in [-0.39, 0.29) is 0 Å². The van der Waals surface area contributed by atoms with E-state index < -0.39 is 0 Å². The maximum atomic E-state index is 5.59. The molecule has 4 nitrogen and oxygen atoms in total. The molecule has 4 heteroatoms. The standard InChI is InChI=1S/C11H26N2O2/c1-11(10-12)4-5-13(6-8-14-2)7-9-15-3/h11H,4-10,12H2,1-3H3. The summed E-state index contributed by atoms with van der Waals surface area (Å²) in [6, 6.07) is 0. The zero-order valence-corrected chi connectivity index (χ0v) is 10.4. The zero-order chi connectivity index (χ0) is 11.5. The molecule has 92 valence electrons. The molecule has 0 saturated heterocycles. The number of hydrogen-bond acceptors (Lipinski definition) is 4. The lowest BCUT2D eigenvalue weighted by atomic mass is 10.1. The topological polar surface area (TPSA) is 47.7 Å². The van der Waals surface area contributed by atoms with Gasteiger partial charge in [0, 0.05) is 27.3 Å². The van der Waals surface area contributed by atoms with Crippen LogP contribution in [0.15, 0.2) is 0 Å². The van der Waals surface area contributed by atoms with E-state index in [0.29, 0.717) is 5.92 Å². The van der Waals surface area contributed by atoms with Gasteiger partial charge in [0.2, 0.25) is 0 Å². The van der Waals surface area contributed by atoms with Crippen molar-refractivity contribution in [3.63, 3.8) is 0 Å².